The molecule has 2 aliphatic rings. The number of nitrogens with zero attached hydrogens (tertiary/aromatic N) is 2. The van der Waals surface area contributed by atoms with Crippen molar-refractivity contribution in [3.8, 4) is 0 Å². The second-order valence-corrected chi connectivity index (χ2v) is 9.04. The zero-order valence-corrected chi connectivity index (χ0v) is 16.1. The first kappa shape index (κ1) is 18.2. The largest absolute Gasteiger partial charge is 0.351 e. The van der Waals surface area contributed by atoms with Crippen LogP contribution in [0, 0.1) is 5.41 Å². The number of urea groups is 1. The Morgan fingerprint density at radius 1 is 1.16 bits per heavy atom. The quantitative estimate of drug-likeness (QED) is 0.864. The van der Waals surface area contributed by atoms with Crippen molar-refractivity contribution in [1.29, 1.82) is 0 Å². The van der Waals surface area contributed by atoms with Crippen LogP contribution in [0.3, 0.4) is 0 Å². The van der Waals surface area contributed by atoms with Gasteiger partial charge in [0, 0.05) is 13.7 Å². The summed E-state index contributed by atoms with van der Waals surface area (Å²) in [5.41, 5.74) is 8.63. The number of benzene rings is 1. The lowest BCUT2D eigenvalue weighted by molar-refractivity contribution is 0.137. The van der Waals surface area contributed by atoms with Crippen LogP contribution in [0.1, 0.15) is 59.9 Å². The van der Waals surface area contributed by atoms with Gasteiger partial charge in [-0.25, -0.2) is 4.79 Å². The number of carbonyl (C=O) groups is 1. The van der Waals surface area contributed by atoms with Gasteiger partial charge in [0.05, 0.1) is 0 Å². The molecule has 1 aromatic carbocycles. The van der Waals surface area contributed by atoms with Gasteiger partial charge < -0.3 is 10.6 Å². The number of fused-ring (bicyclic) bond motifs is 2. The molecule has 2 aliphatic heterocycles. The summed E-state index contributed by atoms with van der Waals surface area (Å²) in [5, 5.41) is 0. The molecule has 2 amide bonds. The first-order valence-corrected chi connectivity index (χ1v) is 9.70. The minimum atomic E-state index is -0.327. The number of carbonyl (C=O) groups excluding carboxylic acids is 1. The van der Waals surface area contributed by atoms with Crippen molar-refractivity contribution >= 4 is 11.7 Å². The van der Waals surface area contributed by atoms with E-state index in [1.165, 1.54) is 31.4 Å². The van der Waals surface area contributed by atoms with Gasteiger partial charge in [-0.3, -0.25) is 4.90 Å². The fraction of sp³-hybridized carbons (Fsp3) is 0.667. The molecule has 1 aromatic rings. The van der Waals surface area contributed by atoms with E-state index < -0.39 is 0 Å². The van der Waals surface area contributed by atoms with Crippen LogP contribution in [0.4, 0.5) is 10.5 Å². The summed E-state index contributed by atoms with van der Waals surface area (Å²) in [4.78, 5) is 16.3. The zero-order valence-electron chi connectivity index (χ0n) is 16.1. The molecule has 0 bridgehead atoms. The third kappa shape index (κ3) is 4.00. The maximum atomic E-state index is 11.9. The smallest absolute Gasteiger partial charge is 0.319 e. The maximum absolute atomic E-state index is 11.9. The van der Waals surface area contributed by atoms with E-state index in [0.29, 0.717) is 5.41 Å². The molecule has 1 spiro atoms. The molecule has 1 saturated heterocycles. The average Bonchev–Trinajstić information content (AvgIpc) is 2.72. The fourth-order valence-corrected chi connectivity index (χ4v) is 4.43. The van der Waals surface area contributed by atoms with E-state index in [2.05, 4.69) is 43.9 Å². The molecule has 0 aromatic heterocycles. The van der Waals surface area contributed by atoms with Crippen LogP contribution in [-0.2, 0) is 5.41 Å². The Balaban J connectivity index is 0.00000243. The second kappa shape index (κ2) is 6.99. The molecular formula is C21H35N3O. The normalized spacial score (nSPS) is 21.0. The Labute approximate surface area is 153 Å². The molecule has 0 unspecified atom stereocenters. The molecule has 25 heavy (non-hydrogen) atoms. The molecule has 0 aliphatic carbocycles. The standard InChI is InChI=1S/C21H33N3O.H2/c1-20(2,3)10-14-23-15-11-21(12-16-23)9-6-13-24(19(22)25)18-8-5-4-7-17(18)21;/h4-5,7-8H,6,9-16H2,1-3H3,(H2,22,25);1H. The van der Waals surface area contributed by atoms with Crippen molar-refractivity contribution in [2.75, 3.05) is 31.1 Å². The minimum Gasteiger partial charge on any atom is -0.351 e. The highest BCUT2D eigenvalue weighted by atomic mass is 16.2. The van der Waals surface area contributed by atoms with Crippen LogP contribution in [-0.4, -0.2) is 37.1 Å². The van der Waals surface area contributed by atoms with Crippen LogP contribution in [0.5, 0.6) is 0 Å². The molecule has 4 nitrogen and oxygen atoms in total. The lowest BCUT2D eigenvalue weighted by Crippen LogP contribution is -2.43. The van der Waals surface area contributed by atoms with E-state index in [-0.39, 0.29) is 12.9 Å². The number of primary amides is 1. The Morgan fingerprint density at radius 3 is 2.48 bits per heavy atom. The second-order valence-electron chi connectivity index (χ2n) is 9.04. The molecule has 0 atom stereocenters. The van der Waals surface area contributed by atoms with E-state index in [1.807, 2.05) is 6.07 Å². The lowest BCUT2D eigenvalue weighted by atomic mass is 9.69. The number of likely N-dealkylation sites (tertiary alicyclic amines) is 1. The van der Waals surface area contributed by atoms with Gasteiger partial charge in [-0.15, -0.1) is 0 Å². The Morgan fingerprint density at radius 2 is 1.84 bits per heavy atom. The molecule has 0 radical (unpaired) electrons. The SMILES string of the molecule is CC(C)(C)CCN1CCC2(CCCN(C(N)=O)c3ccccc32)CC1.[HH]. The van der Waals surface area contributed by atoms with E-state index >= 15 is 0 Å². The van der Waals surface area contributed by atoms with Crippen LogP contribution in [0.15, 0.2) is 24.3 Å². The van der Waals surface area contributed by atoms with Gasteiger partial charge >= 0.3 is 6.03 Å². The van der Waals surface area contributed by atoms with Crippen molar-refractivity contribution in [2.24, 2.45) is 11.1 Å². The van der Waals surface area contributed by atoms with Crippen LogP contribution in [0.2, 0.25) is 0 Å². The number of anilines is 1. The van der Waals surface area contributed by atoms with Gasteiger partial charge in [-0.05, 0) is 74.2 Å². The van der Waals surface area contributed by atoms with Gasteiger partial charge in [0.1, 0.15) is 0 Å². The molecule has 0 saturated carbocycles. The average molecular weight is 346 g/mol. The molecule has 4 heteroatoms. The zero-order chi connectivity index (χ0) is 18.1. The maximum Gasteiger partial charge on any atom is 0.319 e. The predicted octanol–water partition coefficient (Wildman–Crippen LogP) is 4.38. The molecule has 2 heterocycles. The first-order chi connectivity index (χ1) is 11.8. The van der Waals surface area contributed by atoms with Crippen molar-refractivity contribution in [3.63, 3.8) is 0 Å². The number of hydrogen-bond donors (Lipinski definition) is 1. The number of hydrogen-bond acceptors (Lipinski definition) is 2. The van der Waals surface area contributed by atoms with Gasteiger partial charge in [-0.2, -0.15) is 0 Å². The van der Waals surface area contributed by atoms with Crippen LogP contribution in [0.25, 0.3) is 0 Å². The Hall–Kier alpha value is -1.55. The van der Waals surface area contributed by atoms with E-state index in [9.17, 15) is 4.79 Å². The molecule has 2 N–H and O–H groups in total. The van der Waals surface area contributed by atoms with Crippen molar-refractivity contribution in [3.05, 3.63) is 29.8 Å². The number of amides is 2. The number of rotatable bonds is 2. The summed E-state index contributed by atoms with van der Waals surface area (Å²) in [6.07, 6.45) is 5.79. The highest BCUT2D eigenvalue weighted by Crippen LogP contribution is 2.45. The van der Waals surface area contributed by atoms with Gasteiger partial charge in [0.25, 0.3) is 0 Å². The Kier molecular flexibility index (Phi) is 5.10. The Bertz CT molecular complexity index is 618. The van der Waals surface area contributed by atoms with E-state index in [4.69, 9.17) is 5.73 Å². The summed E-state index contributed by atoms with van der Waals surface area (Å²) in [7, 11) is 0. The third-order valence-corrected chi connectivity index (χ3v) is 6.06. The summed E-state index contributed by atoms with van der Waals surface area (Å²) < 4.78 is 0. The summed E-state index contributed by atoms with van der Waals surface area (Å²) in [6, 6.07) is 8.09. The minimum absolute atomic E-state index is 0. The lowest BCUT2D eigenvalue weighted by Gasteiger charge is -2.43. The van der Waals surface area contributed by atoms with Gasteiger partial charge in [0.2, 0.25) is 0 Å². The monoisotopic (exact) mass is 345 g/mol. The van der Waals surface area contributed by atoms with Crippen molar-refractivity contribution in [2.45, 2.75) is 58.3 Å². The fourth-order valence-electron chi connectivity index (χ4n) is 4.43. The predicted molar refractivity (Wildman–Crippen MR) is 106 cm³/mol. The highest BCUT2D eigenvalue weighted by Gasteiger charge is 2.40. The van der Waals surface area contributed by atoms with Crippen LogP contribution < -0.4 is 10.6 Å². The van der Waals surface area contributed by atoms with Crippen molar-refractivity contribution < 1.29 is 6.22 Å². The molecule has 3 rings (SSSR count). The molecular weight excluding hydrogens is 310 g/mol. The van der Waals surface area contributed by atoms with Gasteiger partial charge in [0.15, 0.2) is 0 Å². The number of piperidine rings is 1. The van der Waals surface area contributed by atoms with E-state index in [0.717, 1.165) is 38.2 Å². The summed E-state index contributed by atoms with van der Waals surface area (Å²) >= 11 is 0. The summed E-state index contributed by atoms with van der Waals surface area (Å²) in [6.45, 7) is 11.2. The molecule has 1 fully saturated rings. The van der Waals surface area contributed by atoms with Crippen molar-refractivity contribution in [1.82, 2.24) is 4.90 Å². The first-order valence-electron chi connectivity index (χ1n) is 9.70. The van der Waals surface area contributed by atoms with E-state index in [1.54, 1.807) is 4.90 Å². The molecule has 140 valence electrons. The third-order valence-electron chi connectivity index (χ3n) is 6.06. The summed E-state index contributed by atoms with van der Waals surface area (Å²) in [5.74, 6) is 0. The highest BCUT2D eigenvalue weighted by molar-refractivity contribution is 5.92. The topological polar surface area (TPSA) is 49.6 Å². The number of nitrogens with two attached hydrogens (primary N) is 1. The number of para-hydroxylation sites is 1. The van der Waals surface area contributed by atoms with Crippen LogP contribution >= 0.6 is 0 Å². The van der Waals surface area contributed by atoms with Gasteiger partial charge in [-0.1, -0.05) is 39.0 Å².